The monoisotopic (exact) mass is 658 g/mol. The number of ether oxygens (including phenoxy) is 2. The summed E-state index contributed by atoms with van der Waals surface area (Å²) in [6.07, 6.45) is 4.99. The molecule has 39 heavy (non-hydrogen) atoms. The molecule has 218 valence electrons. The summed E-state index contributed by atoms with van der Waals surface area (Å²) in [6.45, 7) is 8.05. The minimum atomic E-state index is -1.11. The topological polar surface area (TPSA) is 129 Å². The van der Waals surface area contributed by atoms with Gasteiger partial charge >= 0.3 is 0 Å². The van der Waals surface area contributed by atoms with Crippen LogP contribution in [-0.2, 0) is 16.2 Å². The molecule has 0 bridgehead atoms. The molecule has 0 heterocycles. The SMILES string of the molecule is C=CCCCCC(=O)N(CCC(C)C)C1CC(C(=O)NCCO)=CC(Oc2c(I)cc(CO)cc2OC)C1O. The van der Waals surface area contributed by atoms with Crippen LogP contribution in [0.3, 0.4) is 0 Å². The van der Waals surface area contributed by atoms with Gasteiger partial charge in [0.25, 0.3) is 0 Å². The van der Waals surface area contributed by atoms with E-state index >= 15 is 0 Å². The highest BCUT2D eigenvalue weighted by Gasteiger charge is 2.40. The zero-order valence-electron chi connectivity index (χ0n) is 23.2. The largest absolute Gasteiger partial charge is 0.493 e. The Morgan fingerprint density at radius 3 is 2.64 bits per heavy atom. The highest BCUT2D eigenvalue weighted by Crippen LogP contribution is 2.37. The lowest BCUT2D eigenvalue weighted by Gasteiger charge is -2.41. The van der Waals surface area contributed by atoms with E-state index in [0.717, 1.165) is 19.3 Å². The van der Waals surface area contributed by atoms with Gasteiger partial charge in [0.15, 0.2) is 11.5 Å². The number of allylic oxidation sites excluding steroid dienone is 1. The van der Waals surface area contributed by atoms with E-state index in [0.29, 0.717) is 51.5 Å². The summed E-state index contributed by atoms with van der Waals surface area (Å²) in [7, 11) is 1.49. The number of benzene rings is 1. The number of carbonyl (C=O) groups excluding carboxylic acids is 2. The smallest absolute Gasteiger partial charge is 0.247 e. The Hall–Kier alpha value is -2.15. The summed E-state index contributed by atoms with van der Waals surface area (Å²) in [6, 6.07) is 2.73. The molecule has 2 amide bonds. The van der Waals surface area contributed by atoms with E-state index in [-0.39, 0.29) is 38.0 Å². The quantitative estimate of drug-likeness (QED) is 0.122. The third kappa shape index (κ3) is 9.77. The molecule has 1 aliphatic rings. The van der Waals surface area contributed by atoms with Crippen molar-refractivity contribution in [1.82, 2.24) is 10.2 Å². The highest BCUT2D eigenvalue weighted by molar-refractivity contribution is 14.1. The number of amides is 2. The number of unbranched alkanes of at least 4 members (excludes halogenated alkanes) is 2. The summed E-state index contributed by atoms with van der Waals surface area (Å²) < 4.78 is 12.4. The Bertz CT molecular complexity index is 998. The first-order valence-electron chi connectivity index (χ1n) is 13.5. The second kappa shape index (κ2) is 16.8. The van der Waals surface area contributed by atoms with Gasteiger partial charge in [0, 0.05) is 31.5 Å². The molecular weight excluding hydrogens is 615 g/mol. The summed E-state index contributed by atoms with van der Waals surface area (Å²) in [5.74, 6) is 0.645. The fourth-order valence-corrected chi connectivity index (χ4v) is 5.27. The number of hydrogen-bond donors (Lipinski definition) is 4. The Morgan fingerprint density at radius 2 is 2.03 bits per heavy atom. The first-order chi connectivity index (χ1) is 18.7. The van der Waals surface area contributed by atoms with E-state index < -0.39 is 18.2 Å². The molecule has 4 N–H and O–H groups in total. The number of halogens is 1. The molecule has 1 aromatic carbocycles. The summed E-state index contributed by atoms with van der Waals surface area (Å²) in [5, 5.41) is 33.0. The predicted molar refractivity (Wildman–Crippen MR) is 158 cm³/mol. The maximum atomic E-state index is 13.5. The van der Waals surface area contributed by atoms with Crippen molar-refractivity contribution < 1.29 is 34.4 Å². The number of aliphatic hydroxyl groups excluding tert-OH is 3. The van der Waals surface area contributed by atoms with Crippen molar-refractivity contribution in [2.24, 2.45) is 5.92 Å². The number of aliphatic hydroxyl groups is 3. The van der Waals surface area contributed by atoms with Crippen LogP contribution in [0.5, 0.6) is 11.5 Å². The van der Waals surface area contributed by atoms with Gasteiger partial charge in [-0.3, -0.25) is 9.59 Å². The highest BCUT2D eigenvalue weighted by atomic mass is 127. The molecule has 2 rings (SSSR count). The van der Waals surface area contributed by atoms with Gasteiger partial charge in [-0.15, -0.1) is 6.58 Å². The van der Waals surface area contributed by atoms with Crippen molar-refractivity contribution in [1.29, 1.82) is 0 Å². The summed E-state index contributed by atoms with van der Waals surface area (Å²) in [5.41, 5.74) is 1.02. The predicted octanol–water partition coefficient (Wildman–Crippen LogP) is 3.33. The Labute approximate surface area is 245 Å². The Morgan fingerprint density at radius 1 is 1.28 bits per heavy atom. The molecule has 0 aromatic heterocycles. The van der Waals surface area contributed by atoms with Crippen LogP contribution in [0, 0.1) is 9.49 Å². The van der Waals surface area contributed by atoms with Gasteiger partial charge in [-0.25, -0.2) is 0 Å². The normalized spacial score (nSPS) is 18.9. The molecule has 10 heteroatoms. The average molecular weight is 659 g/mol. The molecule has 1 aliphatic carbocycles. The third-order valence-electron chi connectivity index (χ3n) is 6.66. The van der Waals surface area contributed by atoms with Gasteiger partial charge in [-0.05, 0) is 78.0 Å². The maximum absolute atomic E-state index is 13.5. The van der Waals surface area contributed by atoms with Crippen molar-refractivity contribution in [3.05, 3.63) is 45.6 Å². The third-order valence-corrected chi connectivity index (χ3v) is 7.46. The molecule has 1 aromatic rings. The van der Waals surface area contributed by atoms with Gasteiger partial charge in [-0.1, -0.05) is 19.9 Å². The lowest BCUT2D eigenvalue weighted by Crippen LogP contribution is -2.55. The van der Waals surface area contributed by atoms with Gasteiger partial charge in [0.05, 0.1) is 29.9 Å². The fourth-order valence-electron chi connectivity index (χ4n) is 4.48. The van der Waals surface area contributed by atoms with Crippen molar-refractivity contribution in [3.63, 3.8) is 0 Å². The van der Waals surface area contributed by atoms with Gasteiger partial charge in [0.1, 0.15) is 12.2 Å². The summed E-state index contributed by atoms with van der Waals surface area (Å²) >= 11 is 2.07. The Kier molecular flexibility index (Phi) is 14.3. The standard InChI is InChI=1S/C29H43IN2O7/c1-5-6-7-8-9-26(35)32(12-10-19(2)3)23-16-21(29(37)31-11-13-33)17-24(27(23)36)39-28-22(30)14-20(18-34)15-25(28)38-4/h5,14-15,17,19,23-24,27,33-34,36H,1,6-13,16,18H2,2-4H3,(H,31,37). The molecule has 0 radical (unpaired) electrons. The first-order valence-corrected chi connectivity index (χ1v) is 14.6. The van der Waals surface area contributed by atoms with Crippen molar-refractivity contribution in [3.8, 4) is 11.5 Å². The first kappa shape index (κ1) is 33.1. The van der Waals surface area contributed by atoms with Gasteiger partial charge in [-0.2, -0.15) is 0 Å². The van der Waals surface area contributed by atoms with Crippen LogP contribution in [0.15, 0.2) is 36.4 Å². The van der Waals surface area contributed by atoms with Crippen LogP contribution in [0.25, 0.3) is 0 Å². The minimum Gasteiger partial charge on any atom is -0.493 e. The number of methoxy groups -OCH3 is 1. The average Bonchev–Trinajstić information content (AvgIpc) is 2.91. The summed E-state index contributed by atoms with van der Waals surface area (Å²) in [4.78, 5) is 28.1. The van der Waals surface area contributed by atoms with Crippen LogP contribution in [0.4, 0.5) is 0 Å². The van der Waals surface area contributed by atoms with Crippen LogP contribution in [-0.4, -0.2) is 77.1 Å². The molecule has 0 fully saturated rings. The van der Waals surface area contributed by atoms with E-state index in [1.54, 1.807) is 23.1 Å². The van der Waals surface area contributed by atoms with Gasteiger partial charge in [0.2, 0.25) is 11.8 Å². The second-order valence-electron chi connectivity index (χ2n) is 10.1. The van der Waals surface area contributed by atoms with Crippen molar-refractivity contribution in [2.45, 2.75) is 77.2 Å². The van der Waals surface area contributed by atoms with Crippen LogP contribution < -0.4 is 14.8 Å². The van der Waals surface area contributed by atoms with Crippen LogP contribution >= 0.6 is 22.6 Å². The zero-order chi connectivity index (χ0) is 28.9. The van der Waals surface area contributed by atoms with E-state index in [4.69, 9.17) is 9.47 Å². The molecule has 0 saturated heterocycles. The van der Waals surface area contributed by atoms with Crippen molar-refractivity contribution >= 4 is 34.4 Å². The lowest BCUT2D eigenvalue weighted by atomic mass is 9.87. The molecule has 0 aliphatic heterocycles. The lowest BCUT2D eigenvalue weighted by molar-refractivity contribution is -0.139. The zero-order valence-corrected chi connectivity index (χ0v) is 25.4. The number of carbonyl (C=O) groups is 2. The number of hydrogen-bond acceptors (Lipinski definition) is 7. The molecule has 3 atom stereocenters. The molecule has 3 unspecified atom stereocenters. The number of rotatable bonds is 16. The van der Waals surface area contributed by atoms with E-state index in [9.17, 15) is 24.9 Å². The van der Waals surface area contributed by atoms with E-state index in [2.05, 4.69) is 48.3 Å². The minimum absolute atomic E-state index is 0.0704. The molecule has 0 saturated carbocycles. The fraction of sp³-hybridized carbons (Fsp3) is 0.586. The maximum Gasteiger partial charge on any atom is 0.247 e. The Balaban J connectivity index is 2.45. The number of nitrogens with zero attached hydrogens (tertiary/aromatic N) is 1. The molecule has 0 spiro atoms. The van der Waals surface area contributed by atoms with E-state index in [1.807, 2.05) is 6.08 Å². The molecule has 9 nitrogen and oxygen atoms in total. The van der Waals surface area contributed by atoms with Gasteiger partial charge < -0.3 is 35.0 Å². The molecular formula is C29H43IN2O7. The van der Waals surface area contributed by atoms with E-state index in [1.165, 1.54) is 7.11 Å². The second-order valence-corrected chi connectivity index (χ2v) is 11.2. The van der Waals surface area contributed by atoms with Crippen LogP contribution in [0.2, 0.25) is 0 Å². The van der Waals surface area contributed by atoms with Crippen LogP contribution in [0.1, 0.15) is 57.9 Å². The number of nitrogens with one attached hydrogen (secondary N) is 1. The van der Waals surface area contributed by atoms with Crippen molar-refractivity contribution in [2.75, 3.05) is 26.8 Å².